The van der Waals surface area contributed by atoms with Crippen LogP contribution in [0.2, 0.25) is 0 Å². The van der Waals surface area contributed by atoms with Crippen molar-refractivity contribution in [3.63, 3.8) is 0 Å². The number of aliphatic hydroxyl groups excluding tert-OH is 3. The Hall–Kier alpha value is 0.470. The summed E-state index contributed by atoms with van der Waals surface area (Å²) in [4.78, 5) is 10.1. The monoisotopic (exact) mass is 306 g/mol. The number of hydrogen-bond donors (Lipinski definition) is 3. The summed E-state index contributed by atoms with van der Waals surface area (Å²) >= 11 is 0. The van der Waals surface area contributed by atoms with Crippen molar-refractivity contribution in [3.05, 3.63) is 0 Å². The zero-order chi connectivity index (χ0) is 15.7. The molecule has 6 nitrogen and oxygen atoms in total. The van der Waals surface area contributed by atoms with Gasteiger partial charge in [-0.2, -0.15) is 0 Å². The van der Waals surface area contributed by atoms with Gasteiger partial charge in [0.05, 0.1) is 25.4 Å². The Kier molecular flexibility index (Phi) is 35.0. The van der Waals surface area contributed by atoms with Crippen molar-refractivity contribution in [2.45, 2.75) is 46.3 Å². The van der Waals surface area contributed by atoms with E-state index in [1.165, 1.54) is 6.92 Å². The van der Waals surface area contributed by atoms with Crippen LogP contribution in [-0.4, -0.2) is 66.8 Å². The summed E-state index contributed by atoms with van der Waals surface area (Å²) in [6.07, 6.45) is -0.198. The van der Waals surface area contributed by atoms with E-state index in [2.05, 4.69) is 4.74 Å². The van der Waals surface area contributed by atoms with E-state index in [1.807, 2.05) is 13.8 Å². The van der Waals surface area contributed by atoms with Gasteiger partial charge in [0.25, 0.3) is 0 Å². The van der Waals surface area contributed by atoms with Gasteiger partial charge in [-0.25, -0.2) is 0 Å². The van der Waals surface area contributed by atoms with Crippen LogP contribution in [0, 0.1) is 0 Å². The van der Waals surface area contributed by atoms with Gasteiger partial charge in [0.15, 0.2) is 5.78 Å². The van der Waals surface area contributed by atoms with E-state index in [4.69, 9.17) is 20.1 Å². The second-order valence-corrected chi connectivity index (χ2v) is 3.89. The maximum absolute atomic E-state index is 10.1. The van der Waals surface area contributed by atoms with E-state index in [1.54, 1.807) is 14.0 Å². The van der Waals surface area contributed by atoms with E-state index in [9.17, 15) is 4.79 Å². The Morgan fingerprint density at radius 2 is 1.80 bits per heavy atom. The minimum absolute atomic E-state index is 0. The average Bonchev–Trinajstić information content (AvgIpc) is 2.36. The Bertz CT molecular complexity index is 180. The van der Waals surface area contributed by atoms with Crippen LogP contribution in [0.3, 0.4) is 0 Å². The maximum Gasteiger partial charge on any atom is 1.00 e. The molecule has 0 aromatic rings. The largest absolute Gasteiger partial charge is 1.00 e. The topological polar surface area (TPSA) is 96.2 Å². The summed E-state index contributed by atoms with van der Waals surface area (Å²) in [7, 11) is 1.56. The molecule has 0 spiro atoms. The van der Waals surface area contributed by atoms with E-state index in [-0.39, 0.29) is 56.1 Å². The molecule has 7 heteroatoms. The molecule has 0 aromatic carbocycles. The van der Waals surface area contributed by atoms with Gasteiger partial charge in [0.2, 0.25) is 0 Å². The minimum Gasteiger partial charge on any atom is -1.00 e. The third kappa shape index (κ3) is 42.8. The smallest absolute Gasteiger partial charge is 1.00 e. The summed E-state index contributed by atoms with van der Waals surface area (Å²) < 4.78 is 9.30. The van der Waals surface area contributed by atoms with Gasteiger partial charge >= 0.3 is 29.6 Å². The van der Waals surface area contributed by atoms with E-state index in [0.29, 0.717) is 19.6 Å². The van der Waals surface area contributed by atoms with Crippen LogP contribution in [0.5, 0.6) is 0 Å². The van der Waals surface area contributed by atoms with Crippen LogP contribution >= 0.6 is 0 Å². The van der Waals surface area contributed by atoms with E-state index in [0.717, 1.165) is 0 Å². The number of methoxy groups -OCH3 is 1. The van der Waals surface area contributed by atoms with Crippen molar-refractivity contribution in [1.29, 1.82) is 0 Å². The summed E-state index contributed by atoms with van der Waals surface area (Å²) in [5.41, 5.74) is 0. The quantitative estimate of drug-likeness (QED) is 0.450. The molecule has 0 bridgehead atoms. The minimum atomic E-state index is -0.509. The van der Waals surface area contributed by atoms with Gasteiger partial charge in [-0.1, -0.05) is 6.92 Å². The predicted molar refractivity (Wildman–Crippen MR) is 75.2 cm³/mol. The van der Waals surface area contributed by atoms with E-state index >= 15 is 0 Å². The molecule has 120 valence electrons. The van der Waals surface area contributed by atoms with Crippen LogP contribution in [0.25, 0.3) is 0 Å². The van der Waals surface area contributed by atoms with Crippen LogP contribution in [-0.2, 0) is 14.3 Å². The fraction of sp³-hybridized carbons (Fsp3) is 0.923. The fourth-order valence-corrected chi connectivity index (χ4v) is 0.616. The molecule has 0 radical (unpaired) electrons. The number of carbonyl (C=O) groups excluding carboxylic acids is 1. The molecule has 0 aliphatic carbocycles. The van der Waals surface area contributed by atoms with Crippen molar-refractivity contribution >= 4 is 5.78 Å². The number of ketones is 1. The Morgan fingerprint density at radius 3 is 1.85 bits per heavy atom. The Balaban J connectivity index is -0.0000000584. The normalized spacial score (nSPS) is 11.8. The molecule has 0 amide bonds. The van der Waals surface area contributed by atoms with Crippen LogP contribution < -0.4 is 29.6 Å². The summed E-state index contributed by atoms with van der Waals surface area (Å²) in [5.74, 6) is 0.0850. The van der Waals surface area contributed by atoms with Crippen molar-refractivity contribution in [1.82, 2.24) is 0 Å². The number of Topliss-reactive ketones (excluding diaryl/α,β-unsaturated/α-hetero) is 1. The first-order chi connectivity index (χ1) is 8.85. The van der Waals surface area contributed by atoms with Gasteiger partial charge < -0.3 is 26.2 Å². The molecule has 0 saturated heterocycles. The molecule has 2 atom stereocenters. The molecule has 3 N–H and O–H groups in total. The molecule has 0 heterocycles. The summed E-state index contributed by atoms with van der Waals surface area (Å²) in [6, 6.07) is 0. The van der Waals surface area contributed by atoms with Crippen LogP contribution in [0.4, 0.5) is 0 Å². The Labute approximate surface area is 146 Å². The van der Waals surface area contributed by atoms with Crippen molar-refractivity contribution < 1.29 is 60.6 Å². The first-order valence-electron chi connectivity index (χ1n) is 6.38. The number of aliphatic hydroxyl groups is 3. The number of rotatable bonds is 7. The van der Waals surface area contributed by atoms with Crippen LogP contribution in [0.15, 0.2) is 0 Å². The van der Waals surface area contributed by atoms with Gasteiger partial charge in [-0.15, -0.1) is 0 Å². The molecule has 0 aliphatic rings. The molecule has 0 saturated carbocycles. The third-order valence-electron chi connectivity index (χ3n) is 1.60. The average molecular weight is 306 g/mol. The van der Waals surface area contributed by atoms with E-state index < -0.39 is 6.10 Å². The zero-order valence-corrected chi connectivity index (χ0v) is 15.8. The predicted octanol–water partition coefficient (Wildman–Crippen LogP) is -2.51. The van der Waals surface area contributed by atoms with Crippen molar-refractivity contribution in [3.8, 4) is 0 Å². The van der Waals surface area contributed by atoms with Crippen LogP contribution in [0.1, 0.15) is 35.5 Å². The number of hydrogen-bond acceptors (Lipinski definition) is 6. The number of ether oxygens (including phenoxy) is 2. The fourth-order valence-electron chi connectivity index (χ4n) is 0.616. The van der Waals surface area contributed by atoms with Crippen molar-refractivity contribution in [2.75, 3.05) is 33.5 Å². The molecule has 0 aromatic heterocycles. The molecule has 0 fully saturated rings. The molecular formula is C13H31NaO6. The van der Waals surface area contributed by atoms with Gasteiger partial charge in [-0.05, 0) is 27.2 Å². The van der Waals surface area contributed by atoms with Crippen molar-refractivity contribution in [2.24, 2.45) is 0 Å². The molecule has 0 aliphatic heterocycles. The van der Waals surface area contributed by atoms with Gasteiger partial charge in [-0.3, -0.25) is 4.79 Å². The van der Waals surface area contributed by atoms with Gasteiger partial charge in [0.1, 0.15) is 6.61 Å². The second kappa shape index (κ2) is 24.5. The summed E-state index contributed by atoms with van der Waals surface area (Å²) in [6.45, 7) is 8.08. The first-order valence-corrected chi connectivity index (χ1v) is 6.38. The molecule has 0 rings (SSSR count). The molecular weight excluding hydrogens is 275 g/mol. The van der Waals surface area contributed by atoms with Gasteiger partial charge in [0, 0.05) is 13.7 Å². The zero-order valence-electron chi connectivity index (χ0n) is 14.8. The maximum atomic E-state index is 10.1. The molecule has 2 unspecified atom stereocenters. The first kappa shape index (κ1) is 28.6. The Morgan fingerprint density at radius 1 is 1.30 bits per heavy atom. The summed E-state index contributed by atoms with van der Waals surface area (Å²) in [5, 5.41) is 24.9. The SMILES string of the molecule is CCC(O)CO.CCOCC(C)=O.COCC(C)O.[H-].[Na+]. The third-order valence-corrected chi connectivity index (χ3v) is 1.60. The second-order valence-electron chi connectivity index (χ2n) is 3.89. The standard InChI is InChI=1S/C5H10O2.2C4H10O2.Na.H/c1-3-7-4-5(2)6;1-4(5)3-6-2;1-2-4(6)3-5;;/h3-4H2,1-2H3;4-5H,3H2,1-2H3;4-6H,2-3H2,1H3;;/q;;;+1;-1. The number of carbonyl (C=O) groups is 1. The molecule has 20 heavy (non-hydrogen) atoms.